The van der Waals surface area contributed by atoms with Crippen LogP contribution in [0.4, 0.5) is 34.1 Å². The van der Waals surface area contributed by atoms with Crippen LogP contribution in [-0.2, 0) is 43.0 Å². The lowest BCUT2D eigenvalue weighted by Crippen LogP contribution is -2.23. The molecule has 59 heavy (non-hydrogen) atoms. The minimum atomic E-state index is -1.23. The average molecular weight is 873 g/mol. The molecule has 0 aliphatic heterocycles. The first-order valence-electron chi connectivity index (χ1n) is 16.1. The van der Waals surface area contributed by atoms with Crippen molar-refractivity contribution in [3.05, 3.63) is 43.9 Å². The Balaban J connectivity index is 2.76. The van der Waals surface area contributed by atoms with Gasteiger partial charge in [0, 0.05) is 36.1 Å². The molecule has 306 valence electrons. The second-order valence-electron chi connectivity index (χ2n) is 11.4. The number of nitrogens with two attached hydrogens (primary N) is 1. The van der Waals surface area contributed by atoms with Gasteiger partial charge in [-0.3, -0.25) is 33.6 Å². The first-order valence-corrected chi connectivity index (χ1v) is 17.2. The number of hydrogen-bond donors (Lipinski definition) is 9. The van der Waals surface area contributed by atoms with Gasteiger partial charge in [-0.1, -0.05) is 34.8 Å². The molecule has 24 heteroatoms. The SMILES string of the molecule is CC(=O)OCC(=O)Nc1cc(C#N)c(-c2c(C#N)c(-c3c(C#N)cc(NC(=O)CO)c(Cl)c3N)c(NC(=O)CO)c(Cl)c2NC(=O)CO)c(NC(=O)COC(C)=O)c1Cl. The Morgan fingerprint density at radius 2 is 0.949 bits per heavy atom. The number of carbonyl (C=O) groups is 7. The van der Waals surface area contributed by atoms with Gasteiger partial charge >= 0.3 is 11.9 Å². The zero-order valence-corrected chi connectivity index (χ0v) is 32.5. The number of nitrogen functional groups attached to an aromatic ring is 1. The lowest BCUT2D eigenvalue weighted by atomic mass is 9.84. The average Bonchev–Trinajstić information content (AvgIpc) is 3.20. The number of benzene rings is 3. The third kappa shape index (κ3) is 10.7. The van der Waals surface area contributed by atoms with Gasteiger partial charge < -0.3 is 57.1 Å². The monoisotopic (exact) mass is 871 g/mol. The number of anilines is 6. The Kier molecular flexibility index (Phi) is 16.0. The van der Waals surface area contributed by atoms with Crippen LogP contribution in [0.2, 0.25) is 15.1 Å². The Hall–Kier alpha value is -7.03. The smallest absolute Gasteiger partial charge is 0.303 e. The molecule has 0 fully saturated rings. The van der Waals surface area contributed by atoms with Crippen molar-refractivity contribution in [3.8, 4) is 40.5 Å². The van der Waals surface area contributed by atoms with Crippen LogP contribution >= 0.6 is 34.8 Å². The number of hydrogen-bond acceptors (Lipinski definition) is 16. The van der Waals surface area contributed by atoms with Crippen LogP contribution in [0.25, 0.3) is 22.3 Å². The van der Waals surface area contributed by atoms with Crippen LogP contribution in [0, 0.1) is 34.0 Å². The standard InChI is InChI=1S/C35H28Cl3N9O12/c1-13(51)58-11-23(56)44-19-4-16(6-40)26(33(30(19)37)47-24(57)12-59-14(2)52)28-17(7-41)27(34(45-21(54)9-49)31(38)35(28)46-22(55)10-50)25-15(5-39)3-18(29(36)32(25)42)43-20(53)8-48/h3-4,48-50H,8-12,42H2,1-2H3,(H,43,53)(H,44,56)(H,45,54)(H,46,55)(H,47,57). The molecule has 10 N–H and O–H groups in total. The highest BCUT2D eigenvalue weighted by Gasteiger charge is 2.34. The fourth-order valence-corrected chi connectivity index (χ4v) is 5.88. The number of nitriles is 3. The molecule has 3 aromatic rings. The number of carbonyl (C=O) groups excluding carboxylic acids is 7. The minimum Gasteiger partial charge on any atom is -0.456 e. The Bertz CT molecular complexity index is 2440. The number of nitrogens with zero attached hydrogens (tertiary/aromatic N) is 3. The van der Waals surface area contributed by atoms with Crippen LogP contribution in [0.5, 0.6) is 0 Å². The first-order chi connectivity index (χ1) is 27.9. The molecule has 0 aliphatic rings. The molecule has 21 nitrogen and oxygen atoms in total. The molecule has 0 saturated heterocycles. The van der Waals surface area contributed by atoms with Crippen molar-refractivity contribution >= 4 is 110 Å². The molecule has 0 atom stereocenters. The topological polar surface area (TPSA) is 356 Å². The van der Waals surface area contributed by atoms with E-state index in [1.54, 1.807) is 12.1 Å². The number of aliphatic hydroxyl groups is 3. The van der Waals surface area contributed by atoms with Crippen molar-refractivity contribution in [2.24, 2.45) is 0 Å². The quantitative estimate of drug-likeness (QED) is 0.0826. The normalized spacial score (nSPS) is 10.2. The summed E-state index contributed by atoms with van der Waals surface area (Å²) in [6, 6.07) is 7.32. The van der Waals surface area contributed by atoms with Gasteiger partial charge in [0.05, 0.1) is 78.0 Å². The molecule has 0 spiro atoms. The van der Waals surface area contributed by atoms with E-state index in [-0.39, 0.29) is 5.69 Å². The van der Waals surface area contributed by atoms with E-state index in [1.165, 1.54) is 0 Å². The summed E-state index contributed by atoms with van der Waals surface area (Å²) in [5.74, 6) is -7.25. The van der Waals surface area contributed by atoms with Crippen molar-refractivity contribution in [1.82, 2.24) is 0 Å². The predicted molar refractivity (Wildman–Crippen MR) is 209 cm³/mol. The van der Waals surface area contributed by atoms with Crippen LogP contribution < -0.4 is 32.3 Å². The second kappa shape index (κ2) is 20.4. The Morgan fingerprint density at radius 3 is 1.39 bits per heavy atom. The third-order valence-corrected chi connectivity index (χ3v) is 8.62. The predicted octanol–water partition coefficient (Wildman–Crippen LogP) is 1.97. The Morgan fingerprint density at radius 1 is 0.576 bits per heavy atom. The van der Waals surface area contributed by atoms with E-state index in [4.69, 9.17) is 45.3 Å². The van der Waals surface area contributed by atoms with Crippen LogP contribution in [0.15, 0.2) is 12.1 Å². The van der Waals surface area contributed by atoms with Crippen LogP contribution in [-0.4, -0.2) is 89.8 Å². The van der Waals surface area contributed by atoms with E-state index in [0.717, 1.165) is 26.0 Å². The zero-order valence-electron chi connectivity index (χ0n) is 30.3. The molecule has 0 aliphatic carbocycles. The van der Waals surface area contributed by atoms with E-state index in [2.05, 4.69) is 31.3 Å². The summed E-state index contributed by atoms with van der Waals surface area (Å²) in [5.41, 5.74) is -0.852. The summed E-state index contributed by atoms with van der Waals surface area (Å²) in [6.45, 7) is -3.26. The highest BCUT2D eigenvalue weighted by molar-refractivity contribution is 6.41. The van der Waals surface area contributed by atoms with E-state index in [9.17, 15) is 64.7 Å². The van der Waals surface area contributed by atoms with E-state index in [0.29, 0.717) is 0 Å². The number of ether oxygens (including phenoxy) is 2. The van der Waals surface area contributed by atoms with E-state index >= 15 is 0 Å². The molecular formula is C35H28Cl3N9O12. The lowest BCUT2D eigenvalue weighted by Gasteiger charge is -2.26. The summed E-state index contributed by atoms with van der Waals surface area (Å²) in [7, 11) is 0. The lowest BCUT2D eigenvalue weighted by molar-refractivity contribution is -0.145. The number of aliphatic hydroxyl groups excluding tert-OH is 3. The van der Waals surface area contributed by atoms with Gasteiger partial charge in [-0.15, -0.1) is 0 Å². The number of esters is 2. The molecule has 0 bridgehead atoms. The largest absolute Gasteiger partial charge is 0.456 e. The molecule has 5 amide bonds. The molecule has 0 aromatic heterocycles. The number of amides is 5. The highest BCUT2D eigenvalue weighted by Crippen LogP contribution is 2.55. The van der Waals surface area contributed by atoms with E-state index in [1.807, 2.05) is 6.07 Å². The molecule has 0 radical (unpaired) electrons. The van der Waals surface area contributed by atoms with Gasteiger partial charge in [-0.05, 0) is 12.1 Å². The molecule has 0 unspecified atom stereocenters. The molecule has 3 aromatic carbocycles. The van der Waals surface area contributed by atoms with Crippen LogP contribution in [0.3, 0.4) is 0 Å². The third-order valence-electron chi connectivity index (χ3n) is 7.44. The van der Waals surface area contributed by atoms with Crippen molar-refractivity contribution in [2.45, 2.75) is 13.8 Å². The highest BCUT2D eigenvalue weighted by atomic mass is 35.5. The molecule has 3 rings (SSSR count). The van der Waals surface area contributed by atoms with Crippen molar-refractivity contribution in [3.63, 3.8) is 0 Å². The summed E-state index contributed by atoms with van der Waals surface area (Å²) in [6.07, 6.45) is 0. The zero-order chi connectivity index (χ0) is 44.3. The summed E-state index contributed by atoms with van der Waals surface area (Å²) in [5, 5.41) is 70.1. The maximum Gasteiger partial charge on any atom is 0.303 e. The van der Waals surface area contributed by atoms with Crippen molar-refractivity contribution in [1.29, 1.82) is 15.8 Å². The fourth-order valence-electron chi connectivity index (χ4n) is 5.15. The number of rotatable bonds is 14. The summed E-state index contributed by atoms with van der Waals surface area (Å²) in [4.78, 5) is 86.5. The van der Waals surface area contributed by atoms with Gasteiger partial charge in [0.15, 0.2) is 13.2 Å². The maximum absolute atomic E-state index is 13.2. The molecule has 0 saturated carbocycles. The Labute approximate surface area is 347 Å². The van der Waals surface area contributed by atoms with Gasteiger partial charge in [0.1, 0.15) is 25.9 Å². The fraction of sp³-hybridized carbons (Fsp3) is 0.200. The van der Waals surface area contributed by atoms with Gasteiger partial charge in [0.25, 0.3) is 11.8 Å². The number of halogens is 3. The van der Waals surface area contributed by atoms with Gasteiger partial charge in [-0.25, -0.2) is 0 Å². The van der Waals surface area contributed by atoms with Crippen molar-refractivity contribution in [2.75, 3.05) is 65.4 Å². The van der Waals surface area contributed by atoms with E-state index < -0.39 is 157 Å². The van der Waals surface area contributed by atoms with Gasteiger partial charge in [-0.2, -0.15) is 15.8 Å². The molecular weight excluding hydrogens is 845 g/mol. The molecule has 0 heterocycles. The minimum absolute atomic E-state index is 0.302. The maximum atomic E-state index is 13.2. The number of nitrogens with one attached hydrogen (secondary N) is 5. The summed E-state index contributed by atoms with van der Waals surface area (Å²) < 4.78 is 9.44. The summed E-state index contributed by atoms with van der Waals surface area (Å²) >= 11 is 20.2. The van der Waals surface area contributed by atoms with Crippen molar-refractivity contribution < 1.29 is 58.4 Å². The van der Waals surface area contributed by atoms with Gasteiger partial charge in [0.2, 0.25) is 17.7 Å². The van der Waals surface area contributed by atoms with Crippen LogP contribution in [0.1, 0.15) is 30.5 Å². The second-order valence-corrected chi connectivity index (χ2v) is 12.5. The first kappa shape index (κ1) is 46.4.